The Balaban J connectivity index is 1.83. The second-order valence-electron chi connectivity index (χ2n) is 5.37. The van der Waals surface area contributed by atoms with Gasteiger partial charge in [-0.05, 0) is 12.1 Å². The van der Waals surface area contributed by atoms with Crippen LogP contribution in [0.25, 0.3) is 5.69 Å². The van der Waals surface area contributed by atoms with Crippen molar-refractivity contribution in [2.75, 3.05) is 13.1 Å². The summed E-state index contributed by atoms with van der Waals surface area (Å²) < 4.78 is 29.0. The number of rotatable bonds is 3. The zero-order chi connectivity index (χ0) is 17.5. The van der Waals surface area contributed by atoms with Crippen LogP contribution in [0.2, 0.25) is 5.02 Å². The van der Waals surface area contributed by atoms with Crippen LogP contribution in [0.3, 0.4) is 0 Å². The molecule has 1 atom stereocenters. The number of carboxylic acid groups (broad SMARTS) is 1. The molecule has 2 heterocycles. The third kappa shape index (κ3) is 2.71. The van der Waals surface area contributed by atoms with Crippen molar-refractivity contribution in [3.63, 3.8) is 0 Å². The normalized spacial score (nSPS) is 20.4. The molecule has 1 aromatic carbocycles. The van der Waals surface area contributed by atoms with Gasteiger partial charge in [-0.1, -0.05) is 22.9 Å². The molecule has 1 fully saturated rings. The van der Waals surface area contributed by atoms with Gasteiger partial charge in [-0.2, -0.15) is 0 Å². The van der Waals surface area contributed by atoms with Crippen LogP contribution in [0.15, 0.2) is 24.4 Å². The minimum atomic E-state index is -2.47. The third-order valence-electron chi connectivity index (χ3n) is 3.78. The Kier molecular flexibility index (Phi) is 3.96. The van der Waals surface area contributed by atoms with Gasteiger partial charge >= 0.3 is 5.97 Å². The lowest BCUT2D eigenvalue weighted by Gasteiger charge is -2.16. The fourth-order valence-electron chi connectivity index (χ4n) is 2.43. The molecular formula is C14H11ClF2N4O3. The number of halogens is 3. The zero-order valence-corrected chi connectivity index (χ0v) is 12.9. The van der Waals surface area contributed by atoms with E-state index in [4.69, 9.17) is 16.7 Å². The van der Waals surface area contributed by atoms with Gasteiger partial charge in [0.15, 0.2) is 11.5 Å². The Morgan fingerprint density at radius 2 is 2.12 bits per heavy atom. The van der Waals surface area contributed by atoms with Gasteiger partial charge in [-0.3, -0.25) is 4.79 Å². The van der Waals surface area contributed by atoms with Crippen molar-refractivity contribution in [3.8, 4) is 5.69 Å². The van der Waals surface area contributed by atoms with Crippen molar-refractivity contribution in [1.82, 2.24) is 19.9 Å². The summed E-state index contributed by atoms with van der Waals surface area (Å²) in [6, 6.07) is 4.27. The summed E-state index contributed by atoms with van der Waals surface area (Å²) in [7, 11) is 0. The van der Waals surface area contributed by atoms with E-state index >= 15 is 0 Å². The third-order valence-corrected chi connectivity index (χ3v) is 4.07. The molecule has 1 aliphatic heterocycles. The number of alkyl halides is 1. The van der Waals surface area contributed by atoms with Gasteiger partial charge in [0.05, 0.1) is 17.8 Å². The van der Waals surface area contributed by atoms with Crippen LogP contribution < -0.4 is 0 Å². The van der Waals surface area contributed by atoms with Gasteiger partial charge in [0, 0.05) is 13.0 Å². The molecule has 10 heteroatoms. The average Bonchev–Trinajstić information content (AvgIpc) is 3.17. The lowest BCUT2D eigenvalue weighted by atomic mass is 10.1. The number of benzene rings is 1. The molecule has 24 heavy (non-hydrogen) atoms. The van der Waals surface area contributed by atoms with E-state index in [1.807, 2.05) is 0 Å². The molecule has 0 aliphatic carbocycles. The topological polar surface area (TPSA) is 88.3 Å². The number of hydrogen-bond donors (Lipinski definition) is 1. The molecule has 1 amide bonds. The summed E-state index contributed by atoms with van der Waals surface area (Å²) in [5.74, 6) is -3.01. The smallest absolute Gasteiger partial charge is 0.343 e. The molecule has 0 saturated carbocycles. The Hall–Kier alpha value is -2.55. The van der Waals surface area contributed by atoms with Crippen LogP contribution in [0.1, 0.15) is 16.9 Å². The highest BCUT2D eigenvalue weighted by molar-refractivity contribution is 6.30. The van der Waals surface area contributed by atoms with E-state index in [0.717, 1.165) is 9.58 Å². The second kappa shape index (κ2) is 5.82. The molecule has 126 valence electrons. The number of nitrogens with zero attached hydrogens (tertiary/aromatic N) is 4. The first-order chi connectivity index (χ1) is 11.3. The molecule has 1 aliphatic rings. The highest BCUT2D eigenvalue weighted by atomic mass is 35.5. The molecule has 1 saturated heterocycles. The summed E-state index contributed by atoms with van der Waals surface area (Å²) in [5, 5.41) is 16.0. The van der Waals surface area contributed by atoms with E-state index in [-0.39, 0.29) is 29.4 Å². The van der Waals surface area contributed by atoms with Crippen LogP contribution in [-0.4, -0.2) is 55.6 Å². The predicted molar refractivity (Wildman–Crippen MR) is 78.3 cm³/mol. The first-order valence-electron chi connectivity index (χ1n) is 6.90. The van der Waals surface area contributed by atoms with E-state index in [1.54, 1.807) is 0 Å². The van der Waals surface area contributed by atoms with Gasteiger partial charge in [0.1, 0.15) is 5.69 Å². The molecule has 2 aromatic rings. The van der Waals surface area contributed by atoms with E-state index in [0.29, 0.717) is 0 Å². The number of carbonyl (C=O) groups excluding carboxylic acids is 1. The van der Waals surface area contributed by atoms with Gasteiger partial charge in [0.25, 0.3) is 5.91 Å². The minimum absolute atomic E-state index is 0.000784. The van der Waals surface area contributed by atoms with E-state index in [1.165, 1.54) is 24.4 Å². The first-order valence-corrected chi connectivity index (χ1v) is 7.28. The maximum Gasteiger partial charge on any atom is 0.343 e. The fourth-order valence-corrected chi connectivity index (χ4v) is 2.60. The molecule has 1 unspecified atom stereocenters. The predicted octanol–water partition coefficient (Wildman–Crippen LogP) is 1.70. The fraction of sp³-hybridized carbons (Fsp3) is 0.286. The SMILES string of the molecule is O=C(c1cn(-c2cccc(Cl)c2F)nn1)N1CCC(F)(C(=O)O)C1. The monoisotopic (exact) mass is 356 g/mol. The van der Waals surface area contributed by atoms with E-state index in [9.17, 15) is 18.4 Å². The molecular weight excluding hydrogens is 346 g/mol. The Bertz CT molecular complexity index is 828. The van der Waals surface area contributed by atoms with Crippen LogP contribution in [-0.2, 0) is 4.79 Å². The maximum atomic E-state index is 14.0. The second-order valence-corrected chi connectivity index (χ2v) is 5.78. The number of aromatic nitrogens is 3. The van der Waals surface area contributed by atoms with Crippen molar-refractivity contribution >= 4 is 23.5 Å². The van der Waals surface area contributed by atoms with Crippen LogP contribution in [0.4, 0.5) is 8.78 Å². The van der Waals surface area contributed by atoms with Crippen molar-refractivity contribution in [2.45, 2.75) is 12.1 Å². The van der Waals surface area contributed by atoms with Gasteiger partial charge < -0.3 is 10.0 Å². The number of carboxylic acids is 1. The highest BCUT2D eigenvalue weighted by Crippen LogP contribution is 2.27. The summed E-state index contributed by atoms with van der Waals surface area (Å²) in [6.45, 7) is -0.625. The maximum absolute atomic E-state index is 14.0. The van der Waals surface area contributed by atoms with Gasteiger partial charge in [-0.15, -0.1) is 5.10 Å². The summed E-state index contributed by atoms with van der Waals surface area (Å²) in [4.78, 5) is 24.2. The Labute approximate surface area is 139 Å². The standard InChI is InChI=1S/C14H11ClF2N4O3/c15-8-2-1-3-10(11(8)16)21-6-9(18-19-21)12(22)20-5-4-14(17,7-20)13(23)24/h1-3,6H,4-5,7H2,(H,23,24). The molecule has 7 nitrogen and oxygen atoms in total. The molecule has 0 spiro atoms. The summed E-state index contributed by atoms with van der Waals surface area (Å²) >= 11 is 5.69. The van der Waals surface area contributed by atoms with Crippen molar-refractivity contribution in [2.24, 2.45) is 0 Å². The zero-order valence-electron chi connectivity index (χ0n) is 12.1. The average molecular weight is 357 g/mol. The molecule has 1 N–H and O–H groups in total. The lowest BCUT2D eigenvalue weighted by molar-refractivity contribution is -0.149. The van der Waals surface area contributed by atoms with Gasteiger partial charge in [0.2, 0.25) is 5.67 Å². The van der Waals surface area contributed by atoms with Crippen molar-refractivity contribution in [1.29, 1.82) is 0 Å². The molecule has 0 radical (unpaired) electrons. The van der Waals surface area contributed by atoms with Crippen LogP contribution in [0.5, 0.6) is 0 Å². The Morgan fingerprint density at radius 3 is 2.79 bits per heavy atom. The lowest BCUT2D eigenvalue weighted by Crippen LogP contribution is -2.39. The summed E-state index contributed by atoms with van der Waals surface area (Å²) in [6.07, 6.45) is 0.876. The number of aliphatic carboxylic acids is 1. The van der Waals surface area contributed by atoms with E-state index < -0.39 is 29.9 Å². The minimum Gasteiger partial charge on any atom is -0.479 e. The van der Waals surface area contributed by atoms with Gasteiger partial charge in [-0.25, -0.2) is 18.3 Å². The number of likely N-dealkylation sites (tertiary alicyclic amines) is 1. The highest BCUT2D eigenvalue weighted by Gasteiger charge is 2.47. The molecule has 0 bridgehead atoms. The molecule has 3 rings (SSSR count). The largest absolute Gasteiger partial charge is 0.479 e. The number of amides is 1. The quantitative estimate of drug-likeness (QED) is 0.904. The van der Waals surface area contributed by atoms with Crippen LogP contribution >= 0.6 is 11.6 Å². The van der Waals surface area contributed by atoms with Crippen molar-refractivity contribution < 1.29 is 23.5 Å². The van der Waals surface area contributed by atoms with Crippen molar-refractivity contribution in [3.05, 3.63) is 40.9 Å². The summed E-state index contributed by atoms with van der Waals surface area (Å²) in [5.41, 5.74) is -2.62. The van der Waals surface area contributed by atoms with Crippen LogP contribution in [0, 0.1) is 5.82 Å². The number of carbonyl (C=O) groups is 2. The first kappa shape index (κ1) is 16.3. The Morgan fingerprint density at radius 1 is 1.38 bits per heavy atom. The van der Waals surface area contributed by atoms with E-state index in [2.05, 4.69) is 10.3 Å². The number of hydrogen-bond acceptors (Lipinski definition) is 4. The molecule has 1 aromatic heterocycles.